The summed E-state index contributed by atoms with van der Waals surface area (Å²) in [4.78, 5) is 28.0. The molecule has 0 aliphatic carbocycles. The highest BCUT2D eigenvalue weighted by molar-refractivity contribution is 6.21. The zero-order valence-corrected chi connectivity index (χ0v) is 11.3. The smallest absolute Gasteiger partial charge is 0.312 e. The highest BCUT2D eigenvalue weighted by Crippen LogP contribution is 2.33. The third kappa shape index (κ3) is 1.82. The molecule has 2 fully saturated rings. The first-order valence-electron chi connectivity index (χ1n) is 6.80. The van der Waals surface area contributed by atoms with Gasteiger partial charge in [0.2, 0.25) is 0 Å². The van der Waals surface area contributed by atoms with Crippen molar-refractivity contribution in [3.8, 4) is 0 Å². The number of anilines is 1. The second kappa shape index (κ2) is 4.37. The molecule has 100 valence electrons. The number of nitrogens with zero attached hydrogens (tertiary/aromatic N) is 2. The summed E-state index contributed by atoms with van der Waals surface area (Å²) in [6, 6.07) is 7.14. The Labute approximate surface area is 113 Å². The largest absolute Gasteiger partial charge is 0.332 e. The van der Waals surface area contributed by atoms with E-state index >= 15 is 0 Å². The van der Waals surface area contributed by atoms with Gasteiger partial charge in [-0.2, -0.15) is 0 Å². The van der Waals surface area contributed by atoms with Crippen LogP contribution in [0.15, 0.2) is 24.3 Å². The van der Waals surface area contributed by atoms with Crippen molar-refractivity contribution in [3.05, 3.63) is 29.8 Å². The molecule has 0 saturated carbocycles. The molecule has 1 aromatic carbocycles. The molecule has 4 nitrogen and oxygen atoms in total. The summed E-state index contributed by atoms with van der Waals surface area (Å²) in [5, 5.41) is 0. The first-order chi connectivity index (χ1) is 9.09. The molecule has 0 radical (unpaired) electrons. The highest BCUT2D eigenvalue weighted by atomic mass is 16.2. The first-order valence-corrected chi connectivity index (χ1v) is 6.80. The number of imide groups is 1. The van der Waals surface area contributed by atoms with Crippen LogP contribution in [-0.2, 0) is 4.79 Å². The van der Waals surface area contributed by atoms with E-state index in [0.717, 1.165) is 24.1 Å². The number of fused-ring (bicyclic) bond motifs is 1. The number of rotatable bonds is 1. The molecule has 3 amide bonds. The van der Waals surface area contributed by atoms with Crippen LogP contribution in [0.1, 0.15) is 25.3 Å². The van der Waals surface area contributed by atoms with E-state index in [2.05, 4.69) is 6.92 Å². The number of para-hydroxylation sites is 1. The normalized spacial score (nSPS) is 26.8. The Hall–Kier alpha value is -1.84. The van der Waals surface area contributed by atoms with Crippen LogP contribution in [0.2, 0.25) is 0 Å². The van der Waals surface area contributed by atoms with Crippen LogP contribution in [0.4, 0.5) is 10.5 Å². The van der Waals surface area contributed by atoms with Gasteiger partial charge >= 0.3 is 6.03 Å². The second-order valence-electron chi connectivity index (χ2n) is 5.58. The first kappa shape index (κ1) is 12.2. The van der Waals surface area contributed by atoms with Gasteiger partial charge in [-0.05, 0) is 37.3 Å². The second-order valence-corrected chi connectivity index (χ2v) is 5.58. The summed E-state index contributed by atoms with van der Waals surface area (Å²) < 4.78 is 0. The Morgan fingerprint density at radius 1 is 1.21 bits per heavy atom. The molecule has 1 aromatic rings. The molecule has 2 atom stereocenters. The van der Waals surface area contributed by atoms with Gasteiger partial charge in [0, 0.05) is 6.54 Å². The van der Waals surface area contributed by atoms with Crippen LogP contribution in [0.3, 0.4) is 0 Å². The maximum Gasteiger partial charge on any atom is 0.332 e. The molecule has 2 aliphatic heterocycles. The van der Waals surface area contributed by atoms with E-state index in [4.69, 9.17) is 0 Å². The van der Waals surface area contributed by atoms with Gasteiger partial charge in [0.25, 0.3) is 5.91 Å². The summed E-state index contributed by atoms with van der Waals surface area (Å²) in [7, 11) is 0. The fourth-order valence-corrected chi connectivity index (χ4v) is 3.01. The van der Waals surface area contributed by atoms with E-state index in [1.807, 2.05) is 31.2 Å². The minimum Gasteiger partial charge on any atom is -0.312 e. The van der Waals surface area contributed by atoms with Crippen molar-refractivity contribution >= 4 is 17.6 Å². The van der Waals surface area contributed by atoms with Gasteiger partial charge in [-0.25, -0.2) is 9.69 Å². The zero-order chi connectivity index (χ0) is 13.6. The molecule has 19 heavy (non-hydrogen) atoms. The molecular formula is C15H18N2O2. The van der Waals surface area contributed by atoms with Crippen LogP contribution >= 0.6 is 0 Å². The standard InChI is InChI=1S/C15H18N2O2/c1-10-7-8-16-13(9-10)14(18)17(15(16)19)12-6-4-3-5-11(12)2/h3-6,10,13H,7-9H2,1-2H3/t10-,13+/m1/s1. The summed E-state index contributed by atoms with van der Waals surface area (Å²) in [6.07, 6.45) is 1.77. The summed E-state index contributed by atoms with van der Waals surface area (Å²) in [6.45, 7) is 4.76. The molecule has 2 saturated heterocycles. The molecule has 0 N–H and O–H groups in total. The lowest BCUT2D eigenvalue weighted by Crippen LogP contribution is -2.41. The van der Waals surface area contributed by atoms with Crippen molar-refractivity contribution < 1.29 is 9.59 Å². The van der Waals surface area contributed by atoms with Gasteiger partial charge in [-0.1, -0.05) is 25.1 Å². The number of benzene rings is 1. The number of amides is 3. The molecule has 2 aliphatic rings. The lowest BCUT2D eigenvalue weighted by atomic mass is 9.93. The topological polar surface area (TPSA) is 40.6 Å². The van der Waals surface area contributed by atoms with Gasteiger partial charge < -0.3 is 4.90 Å². The molecule has 0 bridgehead atoms. The van der Waals surface area contributed by atoms with Crippen molar-refractivity contribution in [2.75, 3.05) is 11.4 Å². The average molecular weight is 258 g/mol. The summed E-state index contributed by atoms with van der Waals surface area (Å²) >= 11 is 0. The van der Waals surface area contributed by atoms with Crippen LogP contribution in [-0.4, -0.2) is 29.4 Å². The minimum atomic E-state index is -0.254. The van der Waals surface area contributed by atoms with Crippen molar-refractivity contribution in [3.63, 3.8) is 0 Å². The predicted molar refractivity (Wildman–Crippen MR) is 73.0 cm³/mol. The van der Waals surface area contributed by atoms with E-state index in [-0.39, 0.29) is 18.0 Å². The summed E-state index contributed by atoms with van der Waals surface area (Å²) in [5.41, 5.74) is 1.68. The van der Waals surface area contributed by atoms with Crippen LogP contribution in [0, 0.1) is 12.8 Å². The van der Waals surface area contributed by atoms with Gasteiger partial charge in [-0.15, -0.1) is 0 Å². The van der Waals surface area contributed by atoms with E-state index < -0.39 is 0 Å². The number of urea groups is 1. The van der Waals surface area contributed by atoms with Crippen LogP contribution < -0.4 is 4.90 Å². The number of piperidine rings is 1. The number of carbonyl (C=O) groups excluding carboxylic acids is 2. The maximum absolute atomic E-state index is 12.5. The van der Waals surface area contributed by atoms with Gasteiger partial charge in [0.15, 0.2) is 0 Å². The monoisotopic (exact) mass is 258 g/mol. The fraction of sp³-hybridized carbons (Fsp3) is 0.467. The Bertz CT molecular complexity index is 541. The zero-order valence-electron chi connectivity index (χ0n) is 11.3. The SMILES string of the molecule is Cc1ccccc1N1C(=O)[C@@H]2C[C@H](C)CCN2C1=O. The van der Waals surface area contributed by atoms with Crippen LogP contribution in [0.25, 0.3) is 0 Å². The Morgan fingerprint density at radius 2 is 1.95 bits per heavy atom. The number of aryl methyl sites for hydroxylation is 1. The van der Waals surface area contributed by atoms with Gasteiger partial charge in [0.05, 0.1) is 5.69 Å². The predicted octanol–water partition coefficient (Wildman–Crippen LogP) is 2.56. The van der Waals surface area contributed by atoms with Crippen molar-refractivity contribution in [2.24, 2.45) is 5.92 Å². The Balaban J connectivity index is 1.98. The Morgan fingerprint density at radius 3 is 2.68 bits per heavy atom. The molecule has 3 rings (SSSR count). The van der Waals surface area contributed by atoms with Crippen molar-refractivity contribution in [1.82, 2.24) is 4.90 Å². The maximum atomic E-state index is 12.5. The molecule has 0 aromatic heterocycles. The quantitative estimate of drug-likeness (QED) is 0.726. The van der Waals surface area contributed by atoms with E-state index in [9.17, 15) is 9.59 Å². The fourth-order valence-electron chi connectivity index (χ4n) is 3.01. The van der Waals surface area contributed by atoms with Gasteiger partial charge in [0.1, 0.15) is 6.04 Å². The number of hydrogen-bond acceptors (Lipinski definition) is 2. The third-order valence-electron chi connectivity index (χ3n) is 4.16. The average Bonchev–Trinajstić information content (AvgIpc) is 2.63. The lowest BCUT2D eigenvalue weighted by molar-refractivity contribution is -0.120. The lowest BCUT2D eigenvalue weighted by Gasteiger charge is -2.30. The molecule has 2 heterocycles. The van der Waals surface area contributed by atoms with Gasteiger partial charge in [-0.3, -0.25) is 4.79 Å². The number of carbonyl (C=O) groups is 2. The van der Waals surface area contributed by atoms with E-state index in [0.29, 0.717) is 12.5 Å². The third-order valence-corrected chi connectivity index (χ3v) is 4.16. The van der Waals surface area contributed by atoms with Crippen molar-refractivity contribution in [1.29, 1.82) is 0 Å². The van der Waals surface area contributed by atoms with E-state index in [1.54, 1.807) is 4.90 Å². The van der Waals surface area contributed by atoms with Crippen LogP contribution in [0.5, 0.6) is 0 Å². The van der Waals surface area contributed by atoms with Crippen molar-refractivity contribution in [2.45, 2.75) is 32.7 Å². The highest BCUT2D eigenvalue weighted by Gasteiger charge is 2.48. The Kier molecular flexibility index (Phi) is 2.81. The minimum absolute atomic E-state index is 0.0640. The molecular weight excluding hydrogens is 240 g/mol. The molecule has 0 unspecified atom stereocenters. The molecule has 0 spiro atoms. The molecule has 4 heteroatoms. The number of hydrogen-bond donors (Lipinski definition) is 0. The van der Waals surface area contributed by atoms with E-state index in [1.165, 1.54) is 4.90 Å². The summed E-state index contributed by atoms with van der Waals surface area (Å²) in [5.74, 6) is 0.445.